The summed E-state index contributed by atoms with van der Waals surface area (Å²) in [5, 5.41) is 0.113. The first-order valence-corrected chi connectivity index (χ1v) is 14.0. The molecule has 0 radical (unpaired) electrons. The molecule has 1 aromatic rings. The molecule has 2 aliphatic rings. The van der Waals surface area contributed by atoms with Crippen LogP contribution in [-0.4, -0.2) is 44.8 Å². The van der Waals surface area contributed by atoms with Gasteiger partial charge in [-0.3, -0.25) is 4.79 Å². The lowest BCUT2D eigenvalue weighted by molar-refractivity contribution is -0.159. The molecule has 2 fully saturated rings. The van der Waals surface area contributed by atoms with E-state index >= 15 is 0 Å². The van der Waals surface area contributed by atoms with Gasteiger partial charge in [-0.15, -0.1) is 0 Å². The summed E-state index contributed by atoms with van der Waals surface area (Å²) in [6.07, 6.45) is 0.479. The fourth-order valence-corrected chi connectivity index (χ4v) is 5.01. The lowest BCUT2D eigenvalue weighted by atomic mass is 9.93. The van der Waals surface area contributed by atoms with E-state index in [2.05, 4.69) is 33.9 Å². The van der Waals surface area contributed by atoms with E-state index < -0.39 is 14.1 Å². The lowest BCUT2D eigenvalue weighted by Gasteiger charge is -2.37. The van der Waals surface area contributed by atoms with E-state index in [0.29, 0.717) is 19.6 Å². The highest BCUT2D eigenvalue weighted by molar-refractivity contribution is 6.74. The van der Waals surface area contributed by atoms with Gasteiger partial charge in [0.1, 0.15) is 18.0 Å². The molecule has 1 heterocycles. The highest BCUT2D eigenvalue weighted by atomic mass is 28.4. The van der Waals surface area contributed by atoms with Gasteiger partial charge in [-0.05, 0) is 44.0 Å². The summed E-state index contributed by atoms with van der Waals surface area (Å²) < 4.78 is 25.1. The number of rotatable bonds is 7. The van der Waals surface area contributed by atoms with Crippen LogP contribution >= 0.6 is 0 Å². The van der Waals surface area contributed by atoms with Crippen LogP contribution in [0.3, 0.4) is 0 Å². The monoisotopic (exact) mass is 434 g/mol. The van der Waals surface area contributed by atoms with Crippen LogP contribution in [0.2, 0.25) is 18.1 Å². The number of Topliss-reactive ketones (excluding diaryl/α,β-unsaturated/α-hetero) is 1. The van der Waals surface area contributed by atoms with E-state index in [1.54, 1.807) is 0 Å². The molecule has 0 aromatic heterocycles. The Labute approximate surface area is 182 Å². The Kier molecular flexibility index (Phi) is 6.95. The van der Waals surface area contributed by atoms with E-state index in [1.807, 2.05) is 44.2 Å². The second-order valence-corrected chi connectivity index (χ2v) is 15.4. The fourth-order valence-electron chi connectivity index (χ4n) is 4.00. The zero-order chi connectivity index (χ0) is 22.2. The summed E-state index contributed by atoms with van der Waals surface area (Å²) in [4.78, 5) is 12.9. The Morgan fingerprint density at radius 1 is 1.13 bits per heavy atom. The molecule has 0 amide bonds. The number of ether oxygens (including phenoxy) is 3. The standard InChI is InChI=1S/C24H38O5Si/c1-23(2,3)30(6,7)27-16-20-22(29-24(4,5)28-20)21-18(25)13-14-19(21)26-15-17-11-9-8-10-12-17/h8-12,19-22H,13-16H2,1-7H3/t19-,20-,21-,22-/m1/s1. The van der Waals surface area contributed by atoms with Crippen molar-refractivity contribution in [2.24, 2.45) is 5.92 Å². The summed E-state index contributed by atoms with van der Waals surface area (Å²) in [5.74, 6) is -0.848. The Hall–Kier alpha value is -1.05. The highest BCUT2D eigenvalue weighted by Gasteiger charge is 2.52. The van der Waals surface area contributed by atoms with Crippen LogP contribution in [0.5, 0.6) is 0 Å². The molecule has 1 aliphatic heterocycles. The Balaban J connectivity index is 1.71. The maximum Gasteiger partial charge on any atom is 0.192 e. The maximum atomic E-state index is 12.9. The third-order valence-corrected chi connectivity index (χ3v) is 11.2. The van der Waals surface area contributed by atoms with Crippen molar-refractivity contribution in [2.45, 2.75) is 96.3 Å². The van der Waals surface area contributed by atoms with Gasteiger partial charge in [-0.2, -0.15) is 0 Å². The quantitative estimate of drug-likeness (QED) is 0.559. The number of hydrogen-bond donors (Lipinski definition) is 0. The minimum Gasteiger partial charge on any atom is -0.414 e. The molecule has 3 rings (SSSR count). The third kappa shape index (κ3) is 5.40. The van der Waals surface area contributed by atoms with Gasteiger partial charge < -0.3 is 18.6 Å². The third-order valence-electron chi connectivity index (χ3n) is 6.74. The Bertz CT molecular complexity index is 725. The molecular weight excluding hydrogens is 396 g/mol. The molecule has 4 atom stereocenters. The van der Waals surface area contributed by atoms with Gasteiger partial charge in [-0.25, -0.2) is 0 Å². The molecule has 5 nitrogen and oxygen atoms in total. The van der Waals surface area contributed by atoms with Crippen molar-refractivity contribution in [3.8, 4) is 0 Å². The molecule has 30 heavy (non-hydrogen) atoms. The molecule has 0 spiro atoms. The largest absolute Gasteiger partial charge is 0.414 e. The number of carbonyl (C=O) groups excluding carboxylic acids is 1. The van der Waals surface area contributed by atoms with Gasteiger partial charge in [0.15, 0.2) is 14.1 Å². The van der Waals surface area contributed by atoms with E-state index in [9.17, 15) is 4.79 Å². The van der Waals surface area contributed by atoms with E-state index in [0.717, 1.165) is 12.0 Å². The van der Waals surface area contributed by atoms with Crippen molar-refractivity contribution < 1.29 is 23.4 Å². The number of ketones is 1. The van der Waals surface area contributed by atoms with Crippen LogP contribution in [0.1, 0.15) is 53.0 Å². The predicted octanol–water partition coefficient (Wildman–Crippen LogP) is 5.09. The zero-order valence-electron chi connectivity index (χ0n) is 19.6. The summed E-state index contributed by atoms with van der Waals surface area (Å²) in [5.41, 5.74) is 1.11. The lowest BCUT2D eigenvalue weighted by Crippen LogP contribution is -2.46. The second-order valence-electron chi connectivity index (χ2n) is 10.6. The fraction of sp³-hybridized carbons (Fsp3) is 0.708. The first-order chi connectivity index (χ1) is 13.9. The van der Waals surface area contributed by atoms with Gasteiger partial charge >= 0.3 is 0 Å². The van der Waals surface area contributed by atoms with Crippen molar-refractivity contribution in [1.82, 2.24) is 0 Å². The van der Waals surface area contributed by atoms with Crippen LogP contribution < -0.4 is 0 Å². The average Bonchev–Trinajstić information content (AvgIpc) is 3.16. The average molecular weight is 435 g/mol. The summed E-state index contributed by atoms with van der Waals surface area (Å²) in [6.45, 7) is 15.9. The minimum absolute atomic E-state index is 0.113. The molecule has 168 valence electrons. The van der Waals surface area contributed by atoms with Gasteiger partial charge in [0.25, 0.3) is 0 Å². The molecule has 1 aliphatic carbocycles. The van der Waals surface area contributed by atoms with Gasteiger partial charge in [0.05, 0.1) is 25.2 Å². The molecule has 0 bridgehead atoms. The summed E-state index contributed by atoms with van der Waals surface area (Å²) in [7, 11) is -1.93. The molecule has 0 N–H and O–H groups in total. The molecule has 0 unspecified atom stereocenters. The van der Waals surface area contributed by atoms with E-state index in [-0.39, 0.29) is 35.1 Å². The summed E-state index contributed by atoms with van der Waals surface area (Å²) in [6, 6.07) is 10.1. The highest BCUT2D eigenvalue weighted by Crippen LogP contribution is 2.41. The molecule has 1 saturated heterocycles. The predicted molar refractivity (Wildman–Crippen MR) is 120 cm³/mol. The van der Waals surface area contributed by atoms with Crippen molar-refractivity contribution in [3.05, 3.63) is 35.9 Å². The SMILES string of the molecule is CC1(C)O[C@@H]([C@@H]2C(=O)CC[C@H]2OCc2ccccc2)[C@@H](CO[Si](C)(C)C(C)(C)C)O1. The second kappa shape index (κ2) is 8.83. The Morgan fingerprint density at radius 2 is 1.80 bits per heavy atom. The first-order valence-electron chi connectivity index (χ1n) is 11.1. The van der Waals surface area contributed by atoms with Gasteiger partial charge in [0, 0.05) is 6.42 Å². The topological polar surface area (TPSA) is 54.0 Å². The van der Waals surface area contributed by atoms with Crippen LogP contribution in [0, 0.1) is 5.92 Å². The van der Waals surface area contributed by atoms with Crippen molar-refractivity contribution >= 4 is 14.1 Å². The zero-order valence-corrected chi connectivity index (χ0v) is 20.6. The van der Waals surface area contributed by atoms with E-state index in [4.69, 9.17) is 18.6 Å². The van der Waals surface area contributed by atoms with Crippen molar-refractivity contribution in [1.29, 1.82) is 0 Å². The first kappa shape index (κ1) is 23.6. The van der Waals surface area contributed by atoms with E-state index in [1.165, 1.54) is 0 Å². The van der Waals surface area contributed by atoms with Gasteiger partial charge in [0.2, 0.25) is 0 Å². The Morgan fingerprint density at radius 3 is 2.43 bits per heavy atom. The normalized spacial score (nSPS) is 29.5. The number of carbonyl (C=O) groups is 1. The van der Waals surface area contributed by atoms with Crippen molar-refractivity contribution in [2.75, 3.05) is 6.61 Å². The molecule has 1 saturated carbocycles. The number of benzene rings is 1. The minimum atomic E-state index is -1.93. The molecular formula is C24H38O5Si. The van der Waals surface area contributed by atoms with Crippen molar-refractivity contribution in [3.63, 3.8) is 0 Å². The summed E-state index contributed by atoms with van der Waals surface area (Å²) >= 11 is 0. The maximum absolute atomic E-state index is 12.9. The van der Waals surface area contributed by atoms with Crippen LogP contribution in [-0.2, 0) is 30.0 Å². The van der Waals surface area contributed by atoms with Crippen LogP contribution in [0.4, 0.5) is 0 Å². The smallest absolute Gasteiger partial charge is 0.192 e. The molecule has 1 aromatic carbocycles. The number of hydrogen-bond acceptors (Lipinski definition) is 5. The van der Waals surface area contributed by atoms with Crippen LogP contribution in [0.25, 0.3) is 0 Å². The van der Waals surface area contributed by atoms with Crippen LogP contribution in [0.15, 0.2) is 30.3 Å². The van der Waals surface area contributed by atoms with Gasteiger partial charge in [-0.1, -0.05) is 51.1 Å². The molecule has 6 heteroatoms.